The molecule has 1 atom stereocenters. The van der Waals surface area contributed by atoms with Gasteiger partial charge in [0.05, 0.1) is 6.61 Å². The highest BCUT2D eigenvalue weighted by Crippen LogP contribution is 2.33. The number of ether oxygens (including phenoxy) is 3. The molecule has 1 aromatic rings. The number of fused-ring (bicyclic) bond motifs is 1. The van der Waals surface area contributed by atoms with Crippen molar-refractivity contribution < 1.29 is 14.2 Å². The van der Waals surface area contributed by atoms with E-state index in [-0.39, 0.29) is 6.10 Å². The number of anilines is 1. The van der Waals surface area contributed by atoms with E-state index >= 15 is 0 Å². The van der Waals surface area contributed by atoms with Gasteiger partial charge >= 0.3 is 0 Å². The van der Waals surface area contributed by atoms with Crippen molar-refractivity contribution in [1.82, 2.24) is 0 Å². The Morgan fingerprint density at radius 2 is 2.36 bits per heavy atom. The first-order chi connectivity index (χ1) is 6.79. The zero-order valence-corrected chi connectivity index (χ0v) is 8.03. The third-order valence-electron chi connectivity index (χ3n) is 2.04. The molecule has 0 bridgehead atoms. The van der Waals surface area contributed by atoms with E-state index in [0.717, 1.165) is 5.75 Å². The molecule has 14 heavy (non-hydrogen) atoms. The molecule has 0 spiro atoms. The molecule has 4 nitrogen and oxygen atoms in total. The Labute approximate surface area is 82.6 Å². The minimum atomic E-state index is -0.0469. The Kier molecular flexibility index (Phi) is 2.45. The summed E-state index contributed by atoms with van der Waals surface area (Å²) < 4.78 is 16.1. The summed E-state index contributed by atoms with van der Waals surface area (Å²) >= 11 is 0. The van der Waals surface area contributed by atoms with Crippen molar-refractivity contribution in [2.75, 3.05) is 26.1 Å². The van der Waals surface area contributed by atoms with Gasteiger partial charge in [-0.1, -0.05) is 0 Å². The van der Waals surface area contributed by atoms with E-state index in [1.165, 1.54) is 0 Å². The first-order valence-electron chi connectivity index (χ1n) is 4.47. The Balaban J connectivity index is 2.16. The maximum Gasteiger partial charge on any atom is 0.163 e. The minimum Gasteiger partial charge on any atom is -0.486 e. The molecule has 1 aliphatic rings. The van der Waals surface area contributed by atoms with Crippen LogP contribution in [-0.4, -0.2) is 26.4 Å². The van der Waals surface area contributed by atoms with Crippen LogP contribution in [0.25, 0.3) is 0 Å². The molecule has 0 saturated carbocycles. The maximum absolute atomic E-state index is 5.63. The van der Waals surface area contributed by atoms with Crippen molar-refractivity contribution in [3.63, 3.8) is 0 Å². The molecular weight excluding hydrogens is 182 g/mol. The van der Waals surface area contributed by atoms with Gasteiger partial charge in [-0.3, -0.25) is 0 Å². The smallest absolute Gasteiger partial charge is 0.163 e. The van der Waals surface area contributed by atoms with Gasteiger partial charge in [-0.05, 0) is 12.1 Å². The fourth-order valence-corrected chi connectivity index (χ4v) is 1.40. The van der Waals surface area contributed by atoms with E-state index < -0.39 is 0 Å². The summed E-state index contributed by atoms with van der Waals surface area (Å²) in [6.45, 7) is 1.04. The predicted molar refractivity (Wildman–Crippen MR) is 52.6 cm³/mol. The number of nitrogen functional groups attached to an aromatic ring is 1. The molecule has 2 N–H and O–H groups in total. The van der Waals surface area contributed by atoms with Crippen LogP contribution in [0.2, 0.25) is 0 Å². The van der Waals surface area contributed by atoms with Crippen molar-refractivity contribution in [3.05, 3.63) is 18.2 Å². The first-order valence-corrected chi connectivity index (χ1v) is 4.47. The van der Waals surface area contributed by atoms with Crippen LogP contribution in [0.1, 0.15) is 0 Å². The normalized spacial score (nSPS) is 19.4. The highest BCUT2D eigenvalue weighted by molar-refractivity contribution is 5.52. The summed E-state index contributed by atoms with van der Waals surface area (Å²) in [4.78, 5) is 0. The van der Waals surface area contributed by atoms with Crippen LogP contribution in [0.3, 0.4) is 0 Å². The second-order valence-electron chi connectivity index (χ2n) is 3.21. The zero-order valence-electron chi connectivity index (χ0n) is 8.03. The highest BCUT2D eigenvalue weighted by atomic mass is 16.6. The molecule has 1 aromatic carbocycles. The number of methoxy groups -OCH3 is 1. The fraction of sp³-hybridized carbons (Fsp3) is 0.400. The molecule has 0 unspecified atom stereocenters. The predicted octanol–water partition coefficient (Wildman–Crippen LogP) is 1.06. The summed E-state index contributed by atoms with van der Waals surface area (Å²) in [5, 5.41) is 0. The second-order valence-corrected chi connectivity index (χ2v) is 3.21. The summed E-state index contributed by atoms with van der Waals surface area (Å²) in [5.74, 6) is 1.44. The second kappa shape index (κ2) is 3.75. The summed E-state index contributed by atoms with van der Waals surface area (Å²) in [6.07, 6.45) is -0.0469. The van der Waals surface area contributed by atoms with E-state index in [1.54, 1.807) is 19.2 Å². The summed E-state index contributed by atoms with van der Waals surface area (Å²) in [5.41, 5.74) is 6.31. The van der Waals surface area contributed by atoms with Gasteiger partial charge in [0.1, 0.15) is 6.61 Å². The van der Waals surface area contributed by atoms with Gasteiger partial charge in [-0.15, -0.1) is 0 Å². The third kappa shape index (κ3) is 1.75. The lowest BCUT2D eigenvalue weighted by atomic mass is 10.2. The average Bonchev–Trinajstić information content (AvgIpc) is 2.17. The zero-order chi connectivity index (χ0) is 9.97. The van der Waals surface area contributed by atoms with Crippen molar-refractivity contribution in [2.24, 2.45) is 0 Å². The van der Waals surface area contributed by atoms with Gasteiger partial charge in [0.2, 0.25) is 0 Å². The number of hydrogen-bond acceptors (Lipinski definition) is 4. The Bertz CT molecular complexity index is 327. The molecule has 0 aromatic heterocycles. The Hall–Kier alpha value is -1.42. The largest absolute Gasteiger partial charge is 0.486 e. The van der Waals surface area contributed by atoms with Crippen LogP contribution < -0.4 is 15.2 Å². The van der Waals surface area contributed by atoms with Gasteiger partial charge < -0.3 is 19.9 Å². The van der Waals surface area contributed by atoms with Gasteiger partial charge in [-0.25, -0.2) is 0 Å². The number of benzene rings is 1. The number of nitrogens with two attached hydrogens (primary N) is 1. The van der Waals surface area contributed by atoms with E-state index in [9.17, 15) is 0 Å². The monoisotopic (exact) mass is 195 g/mol. The van der Waals surface area contributed by atoms with Crippen molar-refractivity contribution in [3.8, 4) is 11.5 Å². The molecule has 0 fully saturated rings. The molecule has 76 valence electrons. The maximum atomic E-state index is 5.63. The summed E-state index contributed by atoms with van der Waals surface area (Å²) in [7, 11) is 1.64. The lowest BCUT2D eigenvalue weighted by molar-refractivity contribution is 0.0273. The Morgan fingerprint density at radius 3 is 3.14 bits per heavy atom. The van der Waals surface area contributed by atoms with E-state index in [2.05, 4.69) is 0 Å². The topological polar surface area (TPSA) is 53.7 Å². The van der Waals surface area contributed by atoms with Crippen LogP contribution in [0.15, 0.2) is 18.2 Å². The number of hydrogen-bond donors (Lipinski definition) is 1. The van der Waals surface area contributed by atoms with E-state index in [4.69, 9.17) is 19.9 Å². The van der Waals surface area contributed by atoms with Gasteiger partial charge in [-0.2, -0.15) is 0 Å². The number of rotatable bonds is 2. The molecular formula is C10H13NO3. The quantitative estimate of drug-likeness (QED) is 0.717. The van der Waals surface area contributed by atoms with Gasteiger partial charge in [0.25, 0.3) is 0 Å². The molecule has 2 rings (SSSR count). The van der Waals surface area contributed by atoms with Crippen molar-refractivity contribution in [2.45, 2.75) is 6.10 Å². The molecule has 0 amide bonds. The molecule has 1 heterocycles. The summed E-state index contributed by atoms with van der Waals surface area (Å²) in [6, 6.07) is 5.36. The fourth-order valence-electron chi connectivity index (χ4n) is 1.40. The van der Waals surface area contributed by atoms with Crippen molar-refractivity contribution in [1.29, 1.82) is 0 Å². The van der Waals surface area contributed by atoms with Gasteiger partial charge in [0.15, 0.2) is 17.6 Å². The molecule has 1 aliphatic heterocycles. The lowest BCUT2D eigenvalue weighted by Gasteiger charge is -2.26. The van der Waals surface area contributed by atoms with Crippen LogP contribution in [0.4, 0.5) is 5.69 Å². The van der Waals surface area contributed by atoms with Gasteiger partial charge in [0, 0.05) is 18.9 Å². The molecule has 0 radical (unpaired) electrons. The average molecular weight is 195 g/mol. The van der Waals surface area contributed by atoms with E-state index in [0.29, 0.717) is 24.7 Å². The minimum absolute atomic E-state index is 0.0469. The standard InChI is InChI=1S/C10H13NO3/c1-12-5-8-6-13-9-3-2-7(11)4-10(9)14-8/h2-4,8H,5-6,11H2,1H3/t8-/m0/s1. The first kappa shape index (κ1) is 9.15. The molecule has 4 heteroatoms. The van der Waals surface area contributed by atoms with Crippen LogP contribution in [-0.2, 0) is 4.74 Å². The third-order valence-corrected chi connectivity index (χ3v) is 2.04. The van der Waals surface area contributed by atoms with Crippen molar-refractivity contribution >= 4 is 5.69 Å². The molecule has 0 saturated heterocycles. The SMILES string of the molecule is COC[C@H]1COc2ccc(N)cc2O1. The van der Waals surface area contributed by atoms with E-state index in [1.807, 2.05) is 6.07 Å². The molecule has 0 aliphatic carbocycles. The highest BCUT2D eigenvalue weighted by Gasteiger charge is 2.20. The van der Waals surface area contributed by atoms with Crippen LogP contribution >= 0.6 is 0 Å². The van der Waals surface area contributed by atoms with Crippen LogP contribution in [0, 0.1) is 0 Å². The Morgan fingerprint density at radius 1 is 1.50 bits per heavy atom. The lowest BCUT2D eigenvalue weighted by Crippen LogP contribution is -2.32. The van der Waals surface area contributed by atoms with Crippen LogP contribution in [0.5, 0.6) is 11.5 Å².